The van der Waals surface area contributed by atoms with Crippen molar-refractivity contribution in [1.29, 1.82) is 0 Å². The van der Waals surface area contributed by atoms with Gasteiger partial charge in [0.15, 0.2) is 0 Å². The first-order chi connectivity index (χ1) is 13.5. The first-order valence-electron chi connectivity index (χ1n) is 9.20. The number of anilines is 1. The van der Waals surface area contributed by atoms with E-state index in [2.05, 4.69) is 10.2 Å². The van der Waals surface area contributed by atoms with Crippen molar-refractivity contribution in [2.45, 2.75) is 19.5 Å². The molecule has 0 saturated carbocycles. The average Bonchev–Trinajstić information content (AvgIpc) is 2.72. The fraction of sp³-hybridized carbons (Fsp3) is 0.350. The summed E-state index contributed by atoms with van der Waals surface area (Å²) in [6.07, 6.45) is 0. The molecule has 7 nitrogen and oxygen atoms in total. The van der Waals surface area contributed by atoms with Crippen LogP contribution < -0.4 is 10.2 Å². The van der Waals surface area contributed by atoms with Crippen molar-refractivity contribution in [2.24, 2.45) is 0 Å². The van der Waals surface area contributed by atoms with Crippen LogP contribution >= 0.6 is 0 Å². The van der Waals surface area contributed by atoms with Gasteiger partial charge < -0.3 is 10.2 Å². The topological polar surface area (TPSA) is 78.7 Å². The number of halogens is 1. The van der Waals surface area contributed by atoms with Crippen molar-refractivity contribution in [1.82, 2.24) is 10.2 Å². The van der Waals surface area contributed by atoms with Crippen LogP contribution in [-0.2, 0) is 11.3 Å². The number of hydrogen-bond acceptors (Lipinski definition) is 5. The number of nitro benzene ring substituents is 1. The Morgan fingerprint density at radius 1 is 1.14 bits per heavy atom. The van der Waals surface area contributed by atoms with Crippen LogP contribution in [0.5, 0.6) is 0 Å². The van der Waals surface area contributed by atoms with E-state index in [0.29, 0.717) is 38.4 Å². The Hall–Kier alpha value is -3.00. The van der Waals surface area contributed by atoms with Gasteiger partial charge in [-0.1, -0.05) is 24.3 Å². The van der Waals surface area contributed by atoms with Gasteiger partial charge in [-0.3, -0.25) is 19.8 Å². The second-order valence-corrected chi connectivity index (χ2v) is 6.79. The number of piperazine rings is 1. The predicted octanol–water partition coefficient (Wildman–Crippen LogP) is 2.56. The van der Waals surface area contributed by atoms with E-state index in [9.17, 15) is 19.3 Å². The van der Waals surface area contributed by atoms with Gasteiger partial charge in [0, 0.05) is 38.8 Å². The number of nitrogens with zero attached hydrogens (tertiary/aromatic N) is 3. The molecule has 2 aromatic carbocycles. The normalized spacial score (nSPS) is 15.9. The van der Waals surface area contributed by atoms with E-state index in [1.165, 1.54) is 18.2 Å². The lowest BCUT2D eigenvalue weighted by atomic mass is 10.1. The SMILES string of the molecule is CC(C(=O)NCc1ccc(F)cc1)N1CCN(c2ccccc2[N+](=O)[O-])CC1. The number of nitro groups is 1. The van der Waals surface area contributed by atoms with Crippen LogP contribution in [0.25, 0.3) is 0 Å². The van der Waals surface area contributed by atoms with Crippen LogP contribution in [0.1, 0.15) is 12.5 Å². The molecule has 0 radical (unpaired) electrons. The number of para-hydroxylation sites is 2. The molecule has 1 aliphatic rings. The molecule has 0 aromatic heterocycles. The number of nitrogens with one attached hydrogen (secondary N) is 1. The van der Waals surface area contributed by atoms with Crippen molar-refractivity contribution >= 4 is 17.3 Å². The van der Waals surface area contributed by atoms with Crippen molar-refractivity contribution in [2.75, 3.05) is 31.1 Å². The highest BCUT2D eigenvalue weighted by molar-refractivity contribution is 5.81. The fourth-order valence-electron chi connectivity index (χ4n) is 3.34. The number of carbonyl (C=O) groups is 1. The zero-order chi connectivity index (χ0) is 20.1. The summed E-state index contributed by atoms with van der Waals surface area (Å²) >= 11 is 0. The summed E-state index contributed by atoms with van der Waals surface area (Å²) in [5.74, 6) is -0.400. The minimum Gasteiger partial charge on any atom is -0.363 e. The molecule has 1 amide bonds. The molecule has 1 N–H and O–H groups in total. The Labute approximate surface area is 162 Å². The van der Waals surface area contributed by atoms with Gasteiger partial charge in [-0.25, -0.2) is 4.39 Å². The van der Waals surface area contributed by atoms with E-state index < -0.39 is 0 Å². The molecule has 0 bridgehead atoms. The average molecular weight is 386 g/mol. The summed E-state index contributed by atoms with van der Waals surface area (Å²) in [5, 5.41) is 14.1. The Bertz CT molecular complexity index is 836. The molecule has 1 saturated heterocycles. The summed E-state index contributed by atoms with van der Waals surface area (Å²) in [6.45, 7) is 4.69. The molecule has 8 heteroatoms. The zero-order valence-corrected chi connectivity index (χ0v) is 15.7. The van der Waals surface area contributed by atoms with Crippen molar-refractivity contribution in [3.8, 4) is 0 Å². The zero-order valence-electron chi connectivity index (χ0n) is 15.7. The van der Waals surface area contributed by atoms with Crippen LogP contribution in [0.15, 0.2) is 48.5 Å². The highest BCUT2D eigenvalue weighted by Crippen LogP contribution is 2.28. The molecular weight excluding hydrogens is 363 g/mol. The Balaban J connectivity index is 1.53. The first kappa shape index (κ1) is 19.8. The van der Waals surface area contributed by atoms with Gasteiger partial charge in [0.2, 0.25) is 5.91 Å². The molecule has 1 fully saturated rings. The molecule has 3 rings (SSSR count). The number of carbonyl (C=O) groups excluding carboxylic acids is 1. The number of rotatable bonds is 6. The molecule has 0 aliphatic carbocycles. The minimum atomic E-state index is -0.368. The predicted molar refractivity (Wildman–Crippen MR) is 105 cm³/mol. The summed E-state index contributed by atoms with van der Waals surface area (Å²) in [5.41, 5.74) is 1.55. The third kappa shape index (κ3) is 4.64. The van der Waals surface area contributed by atoms with Gasteiger partial charge >= 0.3 is 0 Å². The van der Waals surface area contributed by atoms with E-state index in [-0.39, 0.29) is 28.4 Å². The monoisotopic (exact) mass is 386 g/mol. The van der Waals surface area contributed by atoms with Crippen LogP contribution in [0, 0.1) is 15.9 Å². The number of benzene rings is 2. The highest BCUT2D eigenvalue weighted by atomic mass is 19.1. The lowest BCUT2D eigenvalue weighted by molar-refractivity contribution is -0.384. The van der Waals surface area contributed by atoms with Crippen molar-refractivity contribution in [3.05, 3.63) is 70.0 Å². The second kappa shape index (κ2) is 8.79. The highest BCUT2D eigenvalue weighted by Gasteiger charge is 2.28. The summed E-state index contributed by atoms with van der Waals surface area (Å²) in [4.78, 5) is 27.4. The molecule has 1 heterocycles. The smallest absolute Gasteiger partial charge is 0.292 e. The van der Waals surface area contributed by atoms with E-state index in [4.69, 9.17) is 0 Å². The van der Waals surface area contributed by atoms with Gasteiger partial charge in [-0.15, -0.1) is 0 Å². The third-order valence-electron chi connectivity index (χ3n) is 5.04. The van der Waals surface area contributed by atoms with Gasteiger partial charge in [-0.2, -0.15) is 0 Å². The van der Waals surface area contributed by atoms with Crippen molar-refractivity contribution in [3.63, 3.8) is 0 Å². The maximum absolute atomic E-state index is 12.9. The molecule has 1 unspecified atom stereocenters. The number of hydrogen-bond donors (Lipinski definition) is 1. The van der Waals surface area contributed by atoms with E-state index >= 15 is 0 Å². The number of amides is 1. The van der Waals surface area contributed by atoms with E-state index in [1.807, 2.05) is 11.8 Å². The summed E-state index contributed by atoms with van der Waals surface area (Å²) in [7, 11) is 0. The molecule has 148 valence electrons. The molecule has 1 aliphatic heterocycles. The molecule has 0 spiro atoms. The van der Waals surface area contributed by atoms with E-state index in [0.717, 1.165) is 5.56 Å². The van der Waals surface area contributed by atoms with Crippen LogP contribution in [0.2, 0.25) is 0 Å². The van der Waals surface area contributed by atoms with Gasteiger partial charge in [0.05, 0.1) is 11.0 Å². The Kier molecular flexibility index (Phi) is 6.20. The lowest BCUT2D eigenvalue weighted by Crippen LogP contribution is -2.54. The van der Waals surface area contributed by atoms with Gasteiger partial charge in [0.25, 0.3) is 5.69 Å². The Morgan fingerprint density at radius 3 is 2.43 bits per heavy atom. The van der Waals surface area contributed by atoms with Crippen LogP contribution in [-0.4, -0.2) is 48.0 Å². The molecule has 28 heavy (non-hydrogen) atoms. The molecule has 2 aromatic rings. The van der Waals surface area contributed by atoms with Crippen LogP contribution in [0.4, 0.5) is 15.8 Å². The molecular formula is C20H23FN4O3. The summed E-state index contributed by atoms with van der Waals surface area (Å²) in [6, 6.07) is 12.4. The standard InChI is InChI=1S/C20H23FN4O3/c1-15(20(26)22-14-16-6-8-17(21)9-7-16)23-10-12-24(13-11-23)18-4-2-3-5-19(18)25(27)28/h2-9,15H,10-14H2,1H3,(H,22,26). The van der Waals surface area contributed by atoms with Gasteiger partial charge in [-0.05, 0) is 30.7 Å². The van der Waals surface area contributed by atoms with Crippen molar-refractivity contribution < 1.29 is 14.1 Å². The largest absolute Gasteiger partial charge is 0.363 e. The van der Waals surface area contributed by atoms with Crippen LogP contribution in [0.3, 0.4) is 0 Å². The van der Waals surface area contributed by atoms with E-state index in [1.54, 1.807) is 30.3 Å². The maximum Gasteiger partial charge on any atom is 0.292 e. The Morgan fingerprint density at radius 2 is 1.79 bits per heavy atom. The third-order valence-corrected chi connectivity index (χ3v) is 5.04. The summed E-state index contributed by atoms with van der Waals surface area (Å²) < 4.78 is 12.9. The first-order valence-corrected chi connectivity index (χ1v) is 9.20. The second-order valence-electron chi connectivity index (χ2n) is 6.79. The minimum absolute atomic E-state index is 0.0940. The molecule has 1 atom stereocenters. The maximum atomic E-state index is 12.9. The lowest BCUT2D eigenvalue weighted by Gasteiger charge is -2.38. The van der Waals surface area contributed by atoms with Gasteiger partial charge in [0.1, 0.15) is 11.5 Å². The fourth-order valence-corrected chi connectivity index (χ4v) is 3.34. The quantitative estimate of drug-likeness (QED) is 0.610.